The quantitative estimate of drug-likeness (QED) is 0.775. The van der Waals surface area contributed by atoms with Crippen LogP contribution in [0.15, 0.2) is 24.3 Å². The standard InChI is InChI=1S/C15H24N2O/c1-4-9-17-15(18)13(3)16-10-8-14-7-5-6-12(2)11-14/h5-7,11,13,16H,4,8-10H2,1-3H3,(H,17,18). The van der Waals surface area contributed by atoms with Crippen molar-refractivity contribution in [3.05, 3.63) is 35.4 Å². The van der Waals surface area contributed by atoms with Crippen LogP contribution in [0.4, 0.5) is 0 Å². The van der Waals surface area contributed by atoms with Crippen LogP contribution in [0.1, 0.15) is 31.4 Å². The molecule has 0 aliphatic heterocycles. The predicted molar refractivity (Wildman–Crippen MR) is 75.6 cm³/mol. The highest BCUT2D eigenvalue weighted by Crippen LogP contribution is 2.04. The Morgan fingerprint density at radius 1 is 1.33 bits per heavy atom. The summed E-state index contributed by atoms with van der Waals surface area (Å²) in [5.74, 6) is 0.0843. The first-order valence-electron chi connectivity index (χ1n) is 6.70. The lowest BCUT2D eigenvalue weighted by molar-refractivity contribution is -0.122. The van der Waals surface area contributed by atoms with Gasteiger partial charge in [-0.2, -0.15) is 0 Å². The molecule has 1 unspecified atom stereocenters. The number of carbonyl (C=O) groups is 1. The number of carbonyl (C=O) groups excluding carboxylic acids is 1. The van der Waals surface area contributed by atoms with Gasteiger partial charge in [0.15, 0.2) is 0 Å². The zero-order chi connectivity index (χ0) is 13.4. The van der Waals surface area contributed by atoms with Crippen molar-refractivity contribution in [3.63, 3.8) is 0 Å². The summed E-state index contributed by atoms with van der Waals surface area (Å²) in [7, 11) is 0. The van der Waals surface area contributed by atoms with Crippen molar-refractivity contribution in [1.29, 1.82) is 0 Å². The zero-order valence-corrected chi connectivity index (χ0v) is 11.6. The van der Waals surface area contributed by atoms with E-state index >= 15 is 0 Å². The van der Waals surface area contributed by atoms with Gasteiger partial charge in [0.25, 0.3) is 0 Å². The van der Waals surface area contributed by atoms with Crippen LogP contribution in [0, 0.1) is 6.92 Å². The minimum Gasteiger partial charge on any atom is -0.355 e. The molecule has 0 heterocycles. The van der Waals surface area contributed by atoms with E-state index in [9.17, 15) is 4.79 Å². The second-order valence-electron chi connectivity index (χ2n) is 4.71. The molecule has 1 atom stereocenters. The Morgan fingerprint density at radius 3 is 2.78 bits per heavy atom. The number of hydrogen-bond donors (Lipinski definition) is 2. The van der Waals surface area contributed by atoms with Crippen molar-refractivity contribution in [2.75, 3.05) is 13.1 Å². The molecule has 3 heteroatoms. The third kappa shape index (κ3) is 5.32. The van der Waals surface area contributed by atoms with Crippen molar-refractivity contribution in [2.24, 2.45) is 0 Å². The smallest absolute Gasteiger partial charge is 0.236 e. The van der Waals surface area contributed by atoms with E-state index < -0.39 is 0 Å². The summed E-state index contributed by atoms with van der Waals surface area (Å²) >= 11 is 0. The summed E-state index contributed by atoms with van der Waals surface area (Å²) < 4.78 is 0. The van der Waals surface area contributed by atoms with Crippen molar-refractivity contribution in [3.8, 4) is 0 Å². The van der Waals surface area contributed by atoms with Crippen LogP contribution in [0.2, 0.25) is 0 Å². The molecule has 100 valence electrons. The molecule has 0 radical (unpaired) electrons. The first kappa shape index (κ1) is 14.7. The van der Waals surface area contributed by atoms with E-state index in [1.165, 1.54) is 11.1 Å². The topological polar surface area (TPSA) is 41.1 Å². The highest BCUT2D eigenvalue weighted by molar-refractivity contribution is 5.81. The lowest BCUT2D eigenvalue weighted by Crippen LogP contribution is -2.43. The summed E-state index contributed by atoms with van der Waals surface area (Å²) in [4.78, 5) is 11.6. The van der Waals surface area contributed by atoms with Crippen LogP contribution in [0.5, 0.6) is 0 Å². The molecule has 0 saturated carbocycles. The fraction of sp³-hybridized carbons (Fsp3) is 0.533. The molecule has 1 aromatic rings. The fourth-order valence-electron chi connectivity index (χ4n) is 1.79. The second-order valence-corrected chi connectivity index (χ2v) is 4.71. The maximum Gasteiger partial charge on any atom is 0.236 e. The third-order valence-electron chi connectivity index (χ3n) is 2.89. The van der Waals surface area contributed by atoms with Crippen molar-refractivity contribution >= 4 is 5.91 Å². The maximum atomic E-state index is 11.6. The molecule has 0 saturated heterocycles. The van der Waals surface area contributed by atoms with Crippen LogP contribution in [0.25, 0.3) is 0 Å². The highest BCUT2D eigenvalue weighted by atomic mass is 16.2. The monoisotopic (exact) mass is 248 g/mol. The van der Waals surface area contributed by atoms with Crippen LogP contribution in [-0.2, 0) is 11.2 Å². The first-order chi connectivity index (χ1) is 8.63. The third-order valence-corrected chi connectivity index (χ3v) is 2.89. The number of nitrogens with one attached hydrogen (secondary N) is 2. The van der Waals surface area contributed by atoms with Crippen LogP contribution >= 0.6 is 0 Å². The van der Waals surface area contributed by atoms with E-state index in [4.69, 9.17) is 0 Å². The van der Waals surface area contributed by atoms with E-state index in [-0.39, 0.29) is 11.9 Å². The van der Waals surface area contributed by atoms with Crippen molar-refractivity contribution < 1.29 is 4.79 Å². The van der Waals surface area contributed by atoms with Crippen LogP contribution in [0.3, 0.4) is 0 Å². The minimum absolute atomic E-state index is 0.0843. The Balaban J connectivity index is 2.26. The Kier molecular flexibility index (Phi) is 6.44. The van der Waals surface area contributed by atoms with Gasteiger partial charge in [-0.3, -0.25) is 4.79 Å². The van der Waals surface area contributed by atoms with Gasteiger partial charge in [0.1, 0.15) is 0 Å². The molecule has 1 aromatic carbocycles. The minimum atomic E-state index is -0.124. The number of rotatable bonds is 7. The van der Waals surface area contributed by atoms with Crippen LogP contribution < -0.4 is 10.6 Å². The molecule has 2 N–H and O–H groups in total. The number of amides is 1. The van der Waals surface area contributed by atoms with E-state index in [1.807, 2.05) is 6.92 Å². The van der Waals surface area contributed by atoms with Gasteiger partial charge in [-0.1, -0.05) is 36.8 Å². The van der Waals surface area contributed by atoms with Gasteiger partial charge >= 0.3 is 0 Å². The maximum absolute atomic E-state index is 11.6. The molecule has 1 rings (SSSR count). The predicted octanol–water partition coefficient (Wildman–Crippen LogP) is 2.04. The van der Waals surface area contributed by atoms with Gasteiger partial charge in [-0.15, -0.1) is 0 Å². The SMILES string of the molecule is CCCNC(=O)C(C)NCCc1cccc(C)c1. The van der Waals surface area contributed by atoms with E-state index in [1.54, 1.807) is 0 Å². The summed E-state index contributed by atoms with van der Waals surface area (Å²) in [5.41, 5.74) is 2.59. The van der Waals surface area contributed by atoms with Gasteiger partial charge in [-0.25, -0.2) is 0 Å². The molecular formula is C15H24N2O. The molecule has 0 aromatic heterocycles. The molecule has 18 heavy (non-hydrogen) atoms. The van der Waals surface area contributed by atoms with Crippen molar-refractivity contribution in [2.45, 2.75) is 39.7 Å². The largest absolute Gasteiger partial charge is 0.355 e. The summed E-state index contributed by atoms with van der Waals surface area (Å²) in [6.07, 6.45) is 1.93. The second kappa shape index (κ2) is 7.88. The lowest BCUT2D eigenvalue weighted by Gasteiger charge is -2.13. The number of benzene rings is 1. The average molecular weight is 248 g/mol. The Morgan fingerprint density at radius 2 is 2.11 bits per heavy atom. The van der Waals surface area contributed by atoms with Gasteiger partial charge < -0.3 is 10.6 Å². The number of hydrogen-bond acceptors (Lipinski definition) is 2. The van der Waals surface area contributed by atoms with E-state index in [2.05, 4.69) is 48.7 Å². The molecule has 0 bridgehead atoms. The van der Waals surface area contributed by atoms with Crippen molar-refractivity contribution in [1.82, 2.24) is 10.6 Å². The van der Waals surface area contributed by atoms with E-state index in [0.717, 1.165) is 25.9 Å². The molecule has 0 fully saturated rings. The molecule has 3 nitrogen and oxygen atoms in total. The highest BCUT2D eigenvalue weighted by Gasteiger charge is 2.10. The molecule has 1 amide bonds. The van der Waals surface area contributed by atoms with E-state index in [0.29, 0.717) is 0 Å². The average Bonchev–Trinajstić information content (AvgIpc) is 2.35. The Hall–Kier alpha value is -1.35. The Bertz CT molecular complexity index is 377. The van der Waals surface area contributed by atoms with Gasteiger partial charge in [-0.05, 0) is 38.8 Å². The zero-order valence-electron chi connectivity index (χ0n) is 11.6. The number of aryl methyl sites for hydroxylation is 1. The summed E-state index contributed by atoms with van der Waals surface area (Å²) in [6.45, 7) is 7.63. The Labute approximate surface area is 110 Å². The van der Waals surface area contributed by atoms with Crippen LogP contribution in [-0.4, -0.2) is 25.0 Å². The van der Waals surface area contributed by atoms with Gasteiger partial charge in [0.2, 0.25) is 5.91 Å². The van der Waals surface area contributed by atoms with Gasteiger partial charge in [0.05, 0.1) is 6.04 Å². The fourth-order valence-corrected chi connectivity index (χ4v) is 1.79. The molecular weight excluding hydrogens is 224 g/mol. The summed E-state index contributed by atoms with van der Waals surface area (Å²) in [6, 6.07) is 8.35. The molecule has 0 aliphatic rings. The molecule has 0 aliphatic carbocycles. The summed E-state index contributed by atoms with van der Waals surface area (Å²) in [5, 5.41) is 6.14. The normalized spacial score (nSPS) is 12.2. The first-order valence-corrected chi connectivity index (χ1v) is 6.70. The lowest BCUT2D eigenvalue weighted by atomic mass is 10.1. The molecule has 0 spiro atoms. The van der Waals surface area contributed by atoms with Gasteiger partial charge in [0, 0.05) is 6.54 Å².